The minimum Gasteiger partial charge on any atom is -0.488 e. The second-order valence-corrected chi connectivity index (χ2v) is 16.1. The predicted molar refractivity (Wildman–Crippen MR) is 222 cm³/mol. The molecule has 4 aromatic rings. The highest BCUT2D eigenvalue weighted by molar-refractivity contribution is 14.1. The number of ether oxygens (including phenoxy) is 2. The first kappa shape index (κ1) is 39.7. The van der Waals surface area contributed by atoms with E-state index in [9.17, 15) is 14.7 Å². The topological polar surface area (TPSA) is 88.5 Å². The molecular weight excluding hydrogens is 915 g/mol. The van der Waals surface area contributed by atoms with E-state index in [-0.39, 0.29) is 12.0 Å². The molecule has 2 aliphatic rings. The van der Waals surface area contributed by atoms with E-state index in [2.05, 4.69) is 104 Å². The third-order valence-electron chi connectivity index (χ3n) is 10.6. The van der Waals surface area contributed by atoms with Crippen LogP contribution in [0.3, 0.4) is 0 Å². The van der Waals surface area contributed by atoms with Gasteiger partial charge in [-0.2, -0.15) is 0 Å². The Bertz CT molecular complexity index is 1940. The molecule has 0 unspecified atom stereocenters. The van der Waals surface area contributed by atoms with Crippen LogP contribution in [0.15, 0.2) is 81.7 Å². The van der Waals surface area contributed by atoms with Gasteiger partial charge in [-0.15, -0.1) is 0 Å². The zero-order valence-corrected chi connectivity index (χ0v) is 35.4. The summed E-state index contributed by atoms with van der Waals surface area (Å²) in [4.78, 5) is 28.4. The minimum atomic E-state index is -0.743. The molecule has 0 saturated carbocycles. The Balaban J connectivity index is 1.09. The lowest BCUT2D eigenvalue weighted by molar-refractivity contribution is -0.145. The Kier molecular flexibility index (Phi) is 13.9. The number of benzene rings is 4. The highest BCUT2D eigenvalue weighted by atomic mass is 127. The summed E-state index contributed by atoms with van der Waals surface area (Å²) in [5, 5.41) is 9.66. The highest BCUT2D eigenvalue weighted by Crippen LogP contribution is 2.34. The van der Waals surface area contributed by atoms with Crippen LogP contribution in [-0.4, -0.2) is 52.0 Å². The zero-order valence-electron chi connectivity index (χ0n) is 30.1. The maximum Gasteiger partial charge on any atom is 0.332 e. The van der Waals surface area contributed by atoms with Gasteiger partial charge < -0.3 is 17.6 Å². The number of hydrogen-bond acceptors (Lipinski definition) is 7. The molecule has 53 heavy (non-hydrogen) atoms. The summed E-state index contributed by atoms with van der Waals surface area (Å²) in [6, 6.07) is 24.2. The van der Waals surface area contributed by atoms with E-state index in [1.165, 1.54) is 0 Å². The fourth-order valence-corrected chi connectivity index (χ4v) is 8.90. The van der Waals surface area contributed by atoms with Gasteiger partial charge in [0.2, 0.25) is 0 Å². The van der Waals surface area contributed by atoms with Gasteiger partial charge in [-0.3, -0.25) is 14.6 Å². The van der Waals surface area contributed by atoms with Crippen molar-refractivity contribution in [3.63, 3.8) is 0 Å². The van der Waals surface area contributed by atoms with E-state index < -0.39 is 12.0 Å². The summed E-state index contributed by atoms with van der Waals surface area (Å²) >= 11 is 9.10. The third kappa shape index (κ3) is 9.83. The molecule has 0 aromatic heterocycles. The van der Waals surface area contributed by atoms with Gasteiger partial charge >= 0.3 is 11.9 Å². The number of piperidine rings is 2. The summed E-state index contributed by atoms with van der Waals surface area (Å²) in [7, 11) is 0. The van der Waals surface area contributed by atoms with E-state index in [4.69, 9.17) is 12.5 Å². The molecule has 0 spiro atoms. The van der Waals surface area contributed by atoms with Crippen molar-refractivity contribution in [2.75, 3.05) is 13.1 Å². The number of aliphatic carboxylic acids is 1. The first-order valence-electron chi connectivity index (χ1n) is 18.2. The molecule has 0 aliphatic carbocycles. The van der Waals surface area contributed by atoms with Gasteiger partial charge in [0.05, 0.1) is 8.95 Å². The molecule has 0 radical (unpaired) electrons. The molecule has 1 N–H and O–H groups in total. The standard InChI is InChI=1S/C42H45Br2IN2O6/c1-27-31(25-51-39-17-15-29(21-35(39)43)23-46-19-5-3-13-37(46)41(48)49)9-7-11-33(27)34-12-8-10-32(28(34)2)26-52-40-18-16-30(22-36(40)44)24-47-20-6-4-14-38(47)42(50)53-45/h7-12,15-18,21-22,37-38H,3-6,13-14,19-20,23-26H2,1-2H3,(H,48,49)/t37-,38-/m0/s1. The second kappa shape index (κ2) is 18.6. The Labute approximate surface area is 343 Å². The Morgan fingerprint density at radius 2 is 1.19 bits per heavy atom. The maximum atomic E-state index is 12.3. The summed E-state index contributed by atoms with van der Waals surface area (Å²) in [5.41, 5.74) is 9.01. The van der Waals surface area contributed by atoms with E-state index in [0.29, 0.717) is 32.7 Å². The van der Waals surface area contributed by atoms with Gasteiger partial charge in [0.1, 0.15) is 36.8 Å². The van der Waals surface area contributed by atoms with Crippen LogP contribution in [0.1, 0.15) is 71.9 Å². The quantitative estimate of drug-likeness (QED) is 0.133. The molecule has 2 heterocycles. The van der Waals surface area contributed by atoms with Crippen molar-refractivity contribution in [3.05, 3.63) is 115 Å². The van der Waals surface area contributed by atoms with E-state index in [1.807, 2.05) is 24.3 Å². The van der Waals surface area contributed by atoms with Crippen molar-refractivity contribution >= 4 is 66.8 Å². The number of likely N-dealkylation sites (tertiary alicyclic amines) is 2. The van der Waals surface area contributed by atoms with Crippen LogP contribution in [0, 0.1) is 13.8 Å². The lowest BCUT2D eigenvalue weighted by atomic mass is 9.92. The van der Waals surface area contributed by atoms with Gasteiger partial charge in [-0.1, -0.05) is 61.4 Å². The Hall–Kier alpha value is -2.97. The molecule has 6 rings (SSSR count). The highest BCUT2D eigenvalue weighted by Gasteiger charge is 2.30. The van der Waals surface area contributed by atoms with Crippen LogP contribution in [0.4, 0.5) is 0 Å². The van der Waals surface area contributed by atoms with Gasteiger partial charge in [-0.05, 0) is 153 Å². The van der Waals surface area contributed by atoms with Crippen LogP contribution in [0.5, 0.6) is 11.5 Å². The van der Waals surface area contributed by atoms with Crippen molar-refractivity contribution in [1.82, 2.24) is 9.80 Å². The molecule has 2 fully saturated rings. The second-order valence-electron chi connectivity index (χ2n) is 14.0. The van der Waals surface area contributed by atoms with Gasteiger partial charge in [-0.25, -0.2) is 4.79 Å². The molecule has 0 amide bonds. The molecule has 2 aliphatic heterocycles. The molecule has 4 aromatic carbocycles. The predicted octanol–water partition coefficient (Wildman–Crippen LogP) is 10.3. The van der Waals surface area contributed by atoms with E-state index in [0.717, 1.165) is 110 Å². The largest absolute Gasteiger partial charge is 0.488 e. The number of carbonyl (C=O) groups excluding carboxylic acids is 1. The summed E-state index contributed by atoms with van der Waals surface area (Å²) in [6.07, 6.45) is 5.62. The summed E-state index contributed by atoms with van der Waals surface area (Å²) < 4.78 is 19.4. The normalized spacial score (nSPS) is 18.1. The summed E-state index contributed by atoms with van der Waals surface area (Å²) in [6.45, 7) is 8.08. The first-order valence-corrected chi connectivity index (χ1v) is 20.6. The molecule has 2 saturated heterocycles. The van der Waals surface area contributed by atoms with Crippen molar-refractivity contribution in [2.45, 2.75) is 90.8 Å². The molecule has 0 bridgehead atoms. The molecule has 280 valence electrons. The van der Waals surface area contributed by atoms with Crippen LogP contribution >= 0.6 is 54.9 Å². The number of carboxylic acids is 1. The SMILES string of the molecule is Cc1c(COc2ccc(CN3CCCC[C@H]3C(=O)O)cc2Br)cccc1-c1cccc(COc2ccc(CN3CCCC[C@H]3C(=O)OI)cc2Br)c1C. The molecule has 2 atom stereocenters. The Morgan fingerprint density at radius 3 is 1.64 bits per heavy atom. The lowest BCUT2D eigenvalue weighted by Gasteiger charge is -2.33. The average molecular weight is 961 g/mol. The third-order valence-corrected chi connectivity index (χ3v) is 12.2. The fraction of sp³-hybridized carbons (Fsp3) is 0.381. The smallest absolute Gasteiger partial charge is 0.332 e. The minimum absolute atomic E-state index is 0.171. The number of halogens is 3. The number of nitrogens with zero attached hydrogens (tertiary/aromatic N) is 2. The maximum absolute atomic E-state index is 12.3. The number of carboxylic acid groups (broad SMARTS) is 1. The van der Waals surface area contributed by atoms with Crippen molar-refractivity contribution in [2.24, 2.45) is 0 Å². The Morgan fingerprint density at radius 1 is 0.717 bits per heavy atom. The molecule has 11 heteroatoms. The van der Waals surface area contributed by atoms with E-state index >= 15 is 0 Å². The summed E-state index contributed by atoms with van der Waals surface area (Å²) in [5.74, 6) is 0.604. The monoisotopic (exact) mass is 958 g/mol. The molecule has 8 nitrogen and oxygen atoms in total. The number of rotatable bonds is 13. The van der Waals surface area contributed by atoms with Crippen LogP contribution < -0.4 is 9.47 Å². The van der Waals surface area contributed by atoms with Crippen LogP contribution in [0.25, 0.3) is 11.1 Å². The van der Waals surface area contributed by atoms with Gasteiger partial charge in [0, 0.05) is 13.1 Å². The number of hydrogen-bond donors (Lipinski definition) is 1. The van der Waals surface area contributed by atoms with Crippen molar-refractivity contribution in [1.29, 1.82) is 0 Å². The van der Waals surface area contributed by atoms with Crippen molar-refractivity contribution in [3.8, 4) is 22.6 Å². The van der Waals surface area contributed by atoms with E-state index in [1.54, 1.807) is 23.0 Å². The number of carbonyl (C=O) groups is 2. The van der Waals surface area contributed by atoms with Crippen LogP contribution in [-0.2, 0) is 39.0 Å². The lowest BCUT2D eigenvalue weighted by Crippen LogP contribution is -2.44. The van der Waals surface area contributed by atoms with Crippen LogP contribution in [0.2, 0.25) is 0 Å². The van der Waals surface area contributed by atoms with Crippen molar-refractivity contribution < 1.29 is 27.2 Å². The molecular formula is C42H45Br2IN2O6. The first-order chi connectivity index (χ1) is 25.6. The van der Waals surface area contributed by atoms with Gasteiger partial charge in [0.15, 0.2) is 23.0 Å². The van der Waals surface area contributed by atoms with Gasteiger partial charge in [0.25, 0.3) is 0 Å². The zero-order chi connectivity index (χ0) is 37.5. The average Bonchev–Trinajstić information content (AvgIpc) is 3.15. The fourth-order valence-electron chi connectivity index (χ4n) is 7.52.